The fourth-order valence-electron chi connectivity index (χ4n) is 5.86. The molecular formula is C22H40N2O5. The molecule has 29 heavy (non-hydrogen) atoms. The Morgan fingerprint density at radius 1 is 0.793 bits per heavy atom. The Morgan fingerprint density at radius 3 is 1.93 bits per heavy atom. The van der Waals surface area contributed by atoms with Gasteiger partial charge in [-0.2, -0.15) is 0 Å². The van der Waals surface area contributed by atoms with Crippen molar-refractivity contribution in [3.63, 3.8) is 0 Å². The smallest absolute Gasteiger partial charge is 0.315 e. The van der Waals surface area contributed by atoms with Crippen molar-refractivity contribution in [2.75, 3.05) is 52.8 Å². The molecule has 0 aliphatic heterocycles. The fourth-order valence-corrected chi connectivity index (χ4v) is 5.86. The van der Waals surface area contributed by atoms with Crippen LogP contribution in [0.1, 0.15) is 57.8 Å². The lowest BCUT2D eigenvalue weighted by atomic mass is 9.53. The zero-order chi connectivity index (χ0) is 20.4. The number of aliphatic hydroxyl groups is 1. The van der Waals surface area contributed by atoms with Crippen LogP contribution in [-0.4, -0.2) is 69.5 Å². The number of amides is 2. The molecule has 4 aliphatic rings. The average molecular weight is 413 g/mol. The van der Waals surface area contributed by atoms with E-state index in [1.54, 1.807) is 0 Å². The molecule has 7 nitrogen and oxygen atoms in total. The van der Waals surface area contributed by atoms with E-state index in [0.717, 1.165) is 50.2 Å². The highest BCUT2D eigenvalue weighted by Crippen LogP contribution is 2.55. The van der Waals surface area contributed by atoms with Gasteiger partial charge in [-0.25, -0.2) is 4.79 Å². The average Bonchev–Trinajstić information content (AvgIpc) is 2.67. The third kappa shape index (κ3) is 7.70. The third-order valence-corrected chi connectivity index (χ3v) is 6.65. The number of hydrogen-bond acceptors (Lipinski definition) is 5. The van der Waals surface area contributed by atoms with Crippen molar-refractivity contribution >= 4 is 6.03 Å². The molecule has 0 heterocycles. The second-order valence-electron chi connectivity index (χ2n) is 9.20. The van der Waals surface area contributed by atoms with Crippen LogP contribution in [-0.2, 0) is 14.2 Å². The molecule has 4 fully saturated rings. The minimum atomic E-state index is 0.0308. The Morgan fingerprint density at radius 2 is 1.34 bits per heavy atom. The van der Waals surface area contributed by atoms with Crippen LogP contribution in [0, 0.1) is 17.8 Å². The lowest BCUT2D eigenvalue weighted by molar-refractivity contribution is -0.0135. The molecule has 0 aromatic heterocycles. The van der Waals surface area contributed by atoms with Gasteiger partial charge in [0.25, 0.3) is 0 Å². The van der Waals surface area contributed by atoms with E-state index in [9.17, 15) is 4.79 Å². The molecule has 4 rings (SSSR count). The minimum absolute atomic E-state index is 0.0308. The summed E-state index contributed by atoms with van der Waals surface area (Å²) in [6, 6.07) is 0.0308. The van der Waals surface area contributed by atoms with Crippen LogP contribution < -0.4 is 10.6 Å². The number of nitrogens with one attached hydrogen (secondary N) is 2. The molecular weight excluding hydrogens is 372 g/mol. The zero-order valence-electron chi connectivity index (χ0n) is 17.8. The SMILES string of the molecule is O=C(NCCCCCOCCOCCOCCO)NC12CC3CC(CC(C3)C1)C2. The van der Waals surface area contributed by atoms with Crippen molar-refractivity contribution in [2.45, 2.75) is 63.3 Å². The molecule has 0 unspecified atom stereocenters. The quantitative estimate of drug-likeness (QED) is 0.360. The van der Waals surface area contributed by atoms with Crippen LogP contribution in [0.4, 0.5) is 4.79 Å². The van der Waals surface area contributed by atoms with Gasteiger partial charge in [-0.15, -0.1) is 0 Å². The number of urea groups is 1. The van der Waals surface area contributed by atoms with Gasteiger partial charge in [-0.3, -0.25) is 0 Å². The highest BCUT2D eigenvalue weighted by molar-refractivity contribution is 5.74. The standard InChI is InChI=1S/C22H40N2O5/c25-5-7-28-9-11-29-10-8-27-6-3-1-2-4-23-21(26)24-22-15-18-12-19(16-22)14-20(13-18)17-22/h18-20,25H,1-17H2,(H2,23,24,26). The molecule has 168 valence electrons. The van der Waals surface area contributed by atoms with Gasteiger partial charge in [0.05, 0.1) is 39.6 Å². The van der Waals surface area contributed by atoms with Crippen molar-refractivity contribution in [3.8, 4) is 0 Å². The molecule has 0 aromatic rings. The normalized spacial score (nSPS) is 29.9. The van der Waals surface area contributed by atoms with Crippen molar-refractivity contribution < 1.29 is 24.1 Å². The Labute approximate surface area is 175 Å². The number of ether oxygens (including phenoxy) is 3. The number of hydrogen-bond donors (Lipinski definition) is 3. The highest BCUT2D eigenvalue weighted by atomic mass is 16.5. The Balaban J connectivity index is 1.12. The van der Waals surface area contributed by atoms with Gasteiger partial charge in [0.15, 0.2) is 0 Å². The van der Waals surface area contributed by atoms with Crippen LogP contribution in [0.2, 0.25) is 0 Å². The highest BCUT2D eigenvalue weighted by Gasteiger charge is 2.51. The number of unbranched alkanes of at least 4 members (excludes halogenated alkanes) is 2. The Bertz CT molecular complexity index is 453. The summed E-state index contributed by atoms with van der Waals surface area (Å²) in [6.45, 7) is 4.05. The van der Waals surface area contributed by atoms with Gasteiger partial charge in [-0.1, -0.05) is 0 Å². The number of aliphatic hydroxyl groups excluding tert-OH is 1. The van der Waals surface area contributed by atoms with Crippen molar-refractivity contribution in [3.05, 3.63) is 0 Å². The van der Waals surface area contributed by atoms with E-state index >= 15 is 0 Å². The maximum atomic E-state index is 12.4. The summed E-state index contributed by atoms with van der Waals surface area (Å²) in [4.78, 5) is 12.4. The number of rotatable bonds is 15. The van der Waals surface area contributed by atoms with Crippen molar-refractivity contribution in [1.82, 2.24) is 10.6 Å². The van der Waals surface area contributed by atoms with Gasteiger partial charge < -0.3 is 30.0 Å². The fraction of sp³-hybridized carbons (Fsp3) is 0.955. The molecule has 0 radical (unpaired) electrons. The summed E-state index contributed by atoms with van der Waals surface area (Å²) in [6.07, 6.45) is 10.8. The van der Waals surface area contributed by atoms with E-state index in [1.165, 1.54) is 38.5 Å². The maximum Gasteiger partial charge on any atom is 0.315 e. The first kappa shape index (κ1) is 22.8. The number of carbonyl (C=O) groups is 1. The predicted octanol–water partition coefficient (Wildman–Crippen LogP) is 2.47. The first-order chi connectivity index (χ1) is 14.2. The van der Waals surface area contributed by atoms with Crippen LogP contribution in [0.5, 0.6) is 0 Å². The second-order valence-corrected chi connectivity index (χ2v) is 9.20. The molecule has 4 saturated carbocycles. The first-order valence-electron chi connectivity index (χ1n) is 11.6. The molecule has 0 atom stereocenters. The summed E-state index contributed by atoms with van der Waals surface area (Å²) in [7, 11) is 0. The Kier molecular flexibility index (Phi) is 9.49. The summed E-state index contributed by atoms with van der Waals surface area (Å²) in [5.74, 6) is 2.56. The van der Waals surface area contributed by atoms with E-state index < -0.39 is 0 Å². The molecule has 4 aliphatic carbocycles. The topological polar surface area (TPSA) is 89.1 Å². The van der Waals surface area contributed by atoms with Crippen molar-refractivity contribution in [2.24, 2.45) is 17.8 Å². The summed E-state index contributed by atoms with van der Waals surface area (Å²) < 4.78 is 16.0. The van der Waals surface area contributed by atoms with Crippen LogP contribution in [0.25, 0.3) is 0 Å². The molecule has 0 aromatic carbocycles. The monoisotopic (exact) mass is 412 g/mol. The zero-order valence-corrected chi connectivity index (χ0v) is 17.8. The van der Waals surface area contributed by atoms with Gasteiger partial charge in [-0.05, 0) is 75.5 Å². The second kappa shape index (κ2) is 12.1. The van der Waals surface area contributed by atoms with Gasteiger partial charge in [0.1, 0.15) is 0 Å². The molecule has 0 spiro atoms. The van der Waals surface area contributed by atoms with Gasteiger partial charge >= 0.3 is 6.03 Å². The molecule has 3 N–H and O–H groups in total. The lowest BCUT2D eigenvalue weighted by Crippen LogP contribution is -2.61. The van der Waals surface area contributed by atoms with Gasteiger partial charge in [0.2, 0.25) is 0 Å². The summed E-state index contributed by atoms with van der Waals surface area (Å²) in [5, 5.41) is 15.0. The largest absolute Gasteiger partial charge is 0.394 e. The van der Waals surface area contributed by atoms with E-state index in [-0.39, 0.29) is 18.2 Å². The van der Waals surface area contributed by atoms with E-state index in [1.807, 2.05) is 0 Å². The number of carbonyl (C=O) groups excluding carboxylic acids is 1. The van der Waals surface area contributed by atoms with Crippen LogP contribution >= 0.6 is 0 Å². The minimum Gasteiger partial charge on any atom is -0.394 e. The van der Waals surface area contributed by atoms with Crippen molar-refractivity contribution in [1.29, 1.82) is 0 Å². The summed E-state index contributed by atoms with van der Waals surface area (Å²) >= 11 is 0. The predicted molar refractivity (Wildman–Crippen MR) is 111 cm³/mol. The third-order valence-electron chi connectivity index (χ3n) is 6.65. The molecule has 7 heteroatoms. The lowest BCUT2D eigenvalue weighted by Gasteiger charge is -2.56. The van der Waals surface area contributed by atoms with Crippen LogP contribution in [0.15, 0.2) is 0 Å². The van der Waals surface area contributed by atoms with Crippen LogP contribution in [0.3, 0.4) is 0 Å². The van der Waals surface area contributed by atoms with E-state index in [4.69, 9.17) is 19.3 Å². The summed E-state index contributed by atoms with van der Waals surface area (Å²) in [5.41, 5.74) is 0.0969. The van der Waals surface area contributed by atoms with E-state index in [0.29, 0.717) is 33.0 Å². The molecule has 4 bridgehead atoms. The molecule has 0 saturated heterocycles. The first-order valence-corrected chi connectivity index (χ1v) is 11.6. The molecule has 2 amide bonds. The van der Waals surface area contributed by atoms with E-state index in [2.05, 4.69) is 10.6 Å². The Hall–Kier alpha value is -0.890. The van der Waals surface area contributed by atoms with Gasteiger partial charge in [0, 0.05) is 18.7 Å². The maximum absolute atomic E-state index is 12.4.